The predicted molar refractivity (Wildman–Crippen MR) is 129 cm³/mol. The number of carbonyl (C=O) groups excluding carboxylic acids is 5. The maximum Gasteiger partial charge on any atom is 0.243 e. The Kier molecular flexibility index (Phi) is 8.10. The van der Waals surface area contributed by atoms with Crippen molar-refractivity contribution >= 4 is 40.4 Å². The Morgan fingerprint density at radius 3 is 2.17 bits per heavy atom. The van der Waals surface area contributed by atoms with Gasteiger partial charge >= 0.3 is 0 Å². The van der Waals surface area contributed by atoms with Gasteiger partial charge in [0, 0.05) is 17.6 Å². The second-order valence-electron chi connectivity index (χ2n) is 9.11. The van der Waals surface area contributed by atoms with E-state index >= 15 is 0 Å². The molecule has 2 heterocycles. The summed E-state index contributed by atoms with van der Waals surface area (Å²) in [5.74, 6) is -3.08. The van der Waals surface area contributed by atoms with Crippen molar-refractivity contribution in [1.29, 1.82) is 0 Å². The number of benzene rings is 1. The van der Waals surface area contributed by atoms with Gasteiger partial charge in [-0.25, -0.2) is 0 Å². The quantitative estimate of drug-likeness (QED) is 0.345. The fraction of sp³-hybridized carbons (Fsp3) is 0.458. The molecule has 0 spiro atoms. The van der Waals surface area contributed by atoms with Gasteiger partial charge in [0.2, 0.25) is 29.5 Å². The summed E-state index contributed by atoms with van der Waals surface area (Å²) in [4.78, 5) is 66.7. The molecule has 1 aromatic heterocycles. The lowest BCUT2D eigenvalue weighted by atomic mass is 10.0. The standard InChI is InChI=1S/C24H32N6O5/c1-12(2)20-24(35)27-14(4)22(33)29-18(10-16-9-15-7-5-6-8-17(15)28-16)23(34)26-13(3)21(32)25-11-19(31)30-20/h5-9,12-14,18,20,28H,10-11H2,1-4H3,(H,25,32)(H,26,34)(H,27,35)(H,29,33)(H,30,31)/t13-,14-,18-,20-/m0/s1. The van der Waals surface area contributed by atoms with E-state index in [9.17, 15) is 24.0 Å². The Bertz CT molecular complexity index is 1090. The van der Waals surface area contributed by atoms with E-state index in [2.05, 4.69) is 31.6 Å². The number of aromatic amines is 1. The van der Waals surface area contributed by atoms with Gasteiger partial charge in [0.1, 0.15) is 24.2 Å². The summed E-state index contributed by atoms with van der Waals surface area (Å²) < 4.78 is 0. The summed E-state index contributed by atoms with van der Waals surface area (Å²) >= 11 is 0. The zero-order chi connectivity index (χ0) is 25.7. The molecule has 0 unspecified atom stereocenters. The van der Waals surface area contributed by atoms with Crippen LogP contribution in [-0.2, 0) is 30.4 Å². The number of nitrogens with one attached hydrogen (secondary N) is 6. The highest BCUT2D eigenvalue weighted by Gasteiger charge is 2.31. The number of para-hydroxylation sites is 1. The zero-order valence-electron chi connectivity index (χ0n) is 20.2. The van der Waals surface area contributed by atoms with Gasteiger partial charge in [0.15, 0.2) is 0 Å². The number of hydrogen-bond donors (Lipinski definition) is 6. The van der Waals surface area contributed by atoms with Crippen LogP contribution in [0.5, 0.6) is 0 Å². The Hall–Kier alpha value is -3.89. The van der Waals surface area contributed by atoms with Crippen LogP contribution in [0.3, 0.4) is 0 Å². The first kappa shape index (κ1) is 25.7. The van der Waals surface area contributed by atoms with Crippen LogP contribution in [0.2, 0.25) is 0 Å². The Morgan fingerprint density at radius 2 is 1.49 bits per heavy atom. The fourth-order valence-corrected chi connectivity index (χ4v) is 3.80. The topological polar surface area (TPSA) is 161 Å². The highest BCUT2D eigenvalue weighted by molar-refractivity contribution is 5.97. The second kappa shape index (κ2) is 11.0. The van der Waals surface area contributed by atoms with Crippen molar-refractivity contribution in [3.05, 3.63) is 36.0 Å². The Morgan fingerprint density at radius 1 is 0.829 bits per heavy atom. The SMILES string of the molecule is CC(C)[C@@H]1NC(=O)CNC(=O)[C@H](C)NC(=O)[C@H](Cc2cc3ccccc3[nH]2)NC(=O)[C@H](C)NC1=O. The first-order valence-electron chi connectivity index (χ1n) is 11.6. The van der Waals surface area contributed by atoms with Crippen LogP contribution < -0.4 is 26.6 Å². The lowest BCUT2D eigenvalue weighted by Gasteiger charge is -2.25. The van der Waals surface area contributed by atoms with E-state index < -0.39 is 53.7 Å². The number of rotatable bonds is 3. The number of carbonyl (C=O) groups is 5. The van der Waals surface area contributed by atoms with Crippen molar-refractivity contribution in [3.63, 3.8) is 0 Å². The summed E-state index contributed by atoms with van der Waals surface area (Å²) in [5.41, 5.74) is 1.60. The molecule has 11 nitrogen and oxygen atoms in total. The molecule has 188 valence electrons. The third-order valence-electron chi connectivity index (χ3n) is 5.84. The van der Waals surface area contributed by atoms with Crippen LogP contribution in [0.25, 0.3) is 10.9 Å². The summed E-state index contributed by atoms with van der Waals surface area (Å²) in [5, 5.41) is 13.9. The van der Waals surface area contributed by atoms with Crippen molar-refractivity contribution in [2.75, 3.05) is 6.54 Å². The van der Waals surface area contributed by atoms with Crippen LogP contribution in [0.15, 0.2) is 30.3 Å². The van der Waals surface area contributed by atoms with E-state index in [1.807, 2.05) is 30.3 Å². The molecule has 1 aliphatic rings. The third-order valence-corrected chi connectivity index (χ3v) is 5.84. The lowest BCUT2D eigenvalue weighted by Crippen LogP contribution is -2.57. The summed E-state index contributed by atoms with van der Waals surface area (Å²) in [7, 11) is 0. The van der Waals surface area contributed by atoms with E-state index in [4.69, 9.17) is 0 Å². The fourth-order valence-electron chi connectivity index (χ4n) is 3.80. The minimum atomic E-state index is -1.02. The molecule has 6 N–H and O–H groups in total. The van der Waals surface area contributed by atoms with Gasteiger partial charge in [0.25, 0.3) is 0 Å². The molecular formula is C24H32N6O5. The second-order valence-corrected chi connectivity index (χ2v) is 9.11. The van der Waals surface area contributed by atoms with Gasteiger partial charge < -0.3 is 31.6 Å². The highest BCUT2D eigenvalue weighted by Crippen LogP contribution is 2.16. The first-order chi connectivity index (χ1) is 16.5. The molecule has 1 aromatic carbocycles. The largest absolute Gasteiger partial charge is 0.358 e. The van der Waals surface area contributed by atoms with Crippen molar-refractivity contribution in [1.82, 2.24) is 31.6 Å². The molecule has 2 aromatic rings. The molecule has 35 heavy (non-hydrogen) atoms. The first-order valence-corrected chi connectivity index (χ1v) is 11.6. The van der Waals surface area contributed by atoms with E-state index in [0.717, 1.165) is 10.9 Å². The van der Waals surface area contributed by atoms with Gasteiger partial charge in [-0.05, 0) is 37.3 Å². The molecule has 5 amide bonds. The summed E-state index contributed by atoms with van der Waals surface area (Å²) in [6.07, 6.45) is 0.135. The van der Waals surface area contributed by atoms with Gasteiger partial charge in [-0.3, -0.25) is 24.0 Å². The summed E-state index contributed by atoms with van der Waals surface area (Å²) in [6, 6.07) is 5.64. The molecule has 0 aliphatic carbocycles. The molecular weight excluding hydrogens is 452 g/mol. The van der Waals surface area contributed by atoms with Crippen LogP contribution in [-0.4, -0.2) is 65.2 Å². The van der Waals surface area contributed by atoms with Gasteiger partial charge in [-0.1, -0.05) is 32.0 Å². The molecule has 4 atom stereocenters. The van der Waals surface area contributed by atoms with Gasteiger partial charge in [0.05, 0.1) is 6.54 Å². The molecule has 1 fully saturated rings. The number of aromatic nitrogens is 1. The minimum absolute atomic E-state index is 0.135. The lowest BCUT2D eigenvalue weighted by molar-refractivity contribution is -0.133. The molecule has 1 aliphatic heterocycles. The normalized spacial score (nSPS) is 25.1. The van der Waals surface area contributed by atoms with Crippen molar-refractivity contribution in [2.45, 2.75) is 58.3 Å². The Balaban J connectivity index is 1.87. The molecule has 0 bridgehead atoms. The molecule has 0 radical (unpaired) electrons. The zero-order valence-corrected chi connectivity index (χ0v) is 20.2. The average molecular weight is 485 g/mol. The molecule has 3 rings (SSSR count). The third kappa shape index (κ3) is 6.58. The van der Waals surface area contributed by atoms with E-state index in [0.29, 0.717) is 5.69 Å². The van der Waals surface area contributed by atoms with Gasteiger partial charge in [-0.2, -0.15) is 0 Å². The van der Waals surface area contributed by atoms with Crippen molar-refractivity contribution < 1.29 is 24.0 Å². The van der Waals surface area contributed by atoms with Crippen LogP contribution >= 0.6 is 0 Å². The molecule has 11 heteroatoms. The number of amides is 5. The average Bonchev–Trinajstić information content (AvgIpc) is 3.21. The molecule has 0 saturated carbocycles. The smallest absolute Gasteiger partial charge is 0.243 e. The molecule has 1 saturated heterocycles. The van der Waals surface area contributed by atoms with Crippen LogP contribution in [0.4, 0.5) is 0 Å². The number of hydrogen-bond acceptors (Lipinski definition) is 5. The maximum atomic E-state index is 13.1. The Labute approximate surface area is 203 Å². The van der Waals surface area contributed by atoms with Gasteiger partial charge in [-0.15, -0.1) is 0 Å². The van der Waals surface area contributed by atoms with Crippen LogP contribution in [0.1, 0.15) is 33.4 Å². The maximum absolute atomic E-state index is 13.1. The van der Waals surface area contributed by atoms with Crippen LogP contribution in [0, 0.1) is 5.92 Å². The van der Waals surface area contributed by atoms with Crippen molar-refractivity contribution in [2.24, 2.45) is 5.92 Å². The number of fused-ring (bicyclic) bond motifs is 1. The monoisotopic (exact) mass is 484 g/mol. The summed E-state index contributed by atoms with van der Waals surface area (Å²) in [6.45, 7) is 6.12. The van der Waals surface area contributed by atoms with Crippen molar-refractivity contribution in [3.8, 4) is 0 Å². The van der Waals surface area contributed by atoms with E-state index in [1.165, 1.54) is 13.8 Å². The van der Waals surface area contributed by atoms with E-state index in [-0.39, 0.29) is 18.9 Å². The number of H-pyrrole nitrogens is 1. The minimum Gasteiger partial charge on any atom is -0.358 e. The van der Waals surface area contributed by atoms with E-state index in [1.54, 1.807) is 13.8 Å². The highest BCUT2D eigenvalue weighted by atomic mass is 16.2. The predicted octanol–water partition coefficient (Wildman–Crippen LogP) is -0.525.